The summed E-state index contributed by atoms with van der Waals surface area (Å²) in [6, 6.07) is 2.26. The Morgan fingerprint density at radius 3 is 2.96 bits per heavy atom. The Hall–Kier alpha value is -1.44. The highest BCUT2D eigenvalue weighted by Gasteiger charge is 2.35. The van der Waals surface area contributed by atoms with E-state index in [1.165, 1.54) is 23.3 Å². The normalized spacial score (nSPS) is 28.5. The fraction of sp³-hybridized carbons (Fsp3) is 0.700. The molecular formula is C20H28N4O2S. The minimum Gasteiger partial charge on any atom is -0.393 e. The fourth-order valence-corrected chi connectivity index (χ4v) is 5.53. The number of hydrogen-bond donors (Lipinski definition) is 1. The largest absolute Gasteiger partial charge is 0.393 e. The van der Waals surface area contributed by atoms with Gasteiger partial charge >= 0.3 is 0 Å². The van der Waals surface area contributed by atoms with Crippen molar-refractivity contribution in [3.63, 3.8) is 0 Å². The molecule has 0 bridgehead atoms. The number of aliphatic hydroxyl groups is 1. The number of aryl methyl sites for hydroxylation is 1. The minimum absolute atomic E-state index is 0.180. The van der Waals surface area contributed by atoms with Gasteiger partial charge in [-0.3, -0.25) is 4.57 Å². The number of hydrogen-bond acceptors (Lipinski definition) is 6. The fourth-order valence-electron chi connectivity index (χ4n) is 4.58. The van der Waals surface area contributed by atoms with E-state index in [9.17, 15) is 5.11 Å². The summed E-state index contributed by atoms with van der Waals surface area (Å²) >= 11 is 1.87. The van der Waals surface area contributed by atoms with Gasteiger partial charge in [-0.2, -0.15) is 0 Å². The summed E-state index contributed by atoms with van der Waals surface area (Å²) in [6.07, 6.45) is 7.50. The zero-order valence-corrected chi connectivity index (χ0v) is 16.5. The first-order valence-corrected chi connectivity index (χ1v) is 11.2. The third-order valence-corrected chi connectivity index (χ3v) is 7.23. The van der Waals surface area contributed by atoms with E-state index in [-0.39, 0.29) is 12.2 Å². The highest BCUT2D eigenvalue weighted by atomic mass is 32.1. The van der Waals surface area contributed by atoms with Gasteiger partial charge in [-0.05, 0) is 62.0 Å². The Morgan fingerprint density at radius 1 is 1.22 bits per heavy atom. The smallest absolute Gasteiger partial charge is 0.227 e. The lowest BCUT2D eigenvalue weighted by Crippen LogP contribution is -2.33. The van der Waals surface area contributed by atoms with E-state index >= 15 is 0 Å². The topological polar surface area (TPSA) is 63.4 Å². The van der Waals surface area contributed by atoms with Crippen molar-refractivity contribution < 1.29 is 9.84 Å². The number of anilines is 1. The highest BCUT2D eigenvalue weighted by molar-refractivity contribution is 7.10. The Bertz CT molecular complexity index is 777. The van der Waals surface area contributed by atoms with Crippen LogP contribution in [0.25, 0.3) is 0 Å². The average molecular weight is 389 g/mol. The molecule has 2 fully saturated rings. The number of ether oxygens (including phenoxy) is 1. The van der Waals surface area contributed by atoms with E-state index < -0.39 is 0 Å². The van der Waals surface area contributed by atoms with Crippen LogP contribution in [0.5, 0.6) is 0 Å². The standard InChI is InChI=1S/C20H28N4O2S/c25-16-10-15(11-16)19-21-22-20(24(19)13-17-4-1-2-8-26-17)23-7-3-5-18-14(12-23)6-9-27-18/h6,9,15-17,25H,1-5,7-8,10-13H2. The van der Waals surface area contributed by atoms with Crippen molar-refractivity contribution in [2.75, 3.05) is 18.1 Å². The molecule has 2 aromatic heterocycles. The van der Waals surface area contributed by atoms with Gasteiger partial charge in [-0.15, -0.1) is 21.5 Å². The SMILES string of the molecule is OC1CC(c2nnc(N3CCCc4sccc4C3)n2CC2CCCCO2)C1. The molecule has 0 radical (unpaired) electrons. The lowest BCUT2D eigenvalue weighted by Gasteiger charge is -2.33. The summed E-state index contributed by atoms with van der Waals surface area (Å²) in [5.74, 6) is 2.35. The van der Waals surface area contributed by atoms with E-state index in [1.54, 1.807) is 0 Å². The first-order chi connectivity index (χ1) is 13.3. The number of fused-ring (bicyclic) bond motifs is 1. The monoisotopic (exact) mass is 388 g/mol. The van der Waals surface area contributed by atoms with Gasteiger partial charge in [0.2, 0.25) is 5.95 Å². The molecule has 146 valence electrons. The molecule has 1 N–H and O–H groups in total. The van der Waals surface area contributed by atoms with Gasteiger partial charge in [-0.25, -0.2) is 0 Å². The van der Waals surface area contributed by atoms with Crippen LogP contribution < -0.4 is 4.90 Å². The van der Waals surface area contributed by atoms with Crippen molar-refractivity contribution in [2.45, 2.75) is 76.2 Å². The van der Waals surface area contributed by atoms with Crippen molar-refractivity contribution in [1.82, 2.24) is 14.8 Å². The molecular weight excluding hydrogens is 360 g/mol. The van der Waals surface area contributed by atoms with Gasteiger partial charge in [0.15, 0.2) is 0 Å². The molecule has 1 unspecified atom stereocenters. The first kappa shape index (κ1) is 17.6. The van der Waals surface area contributed by atoms with Crippen molar-refractivity contribution in [1.29, 1.82) is 0 Å². The van der Waals surface area contributed by atoms with Crippen LogP contribution in [0, 0.1) is 0 Å². The molecule has 2 aliphatic heterocycles. The average Bonchev–Trinajstić information content (AvgIpc) is 3.21. The zero-order valence-electron chi connectivity index (χ0n) is 15.7. The maximum atomic E-state index is 9.78. The summed E-state index contributed by atoms with van der Waals surface area (Å²) in [4.78, 5) is 3.91. The van der Waals surface area contributed by atoms with E-state index in [2.05, 4.69) is 31.1 Å². The second-order valence-electron chi connectivity index (χ2n) is 8.17. The predicted octanol–water partition coefficient (Wildman–Crippen LogP) is 3.10. The van der Waals surface area contributed by atoms with E-state index in [4.69, 9.17) is 4.74 Å². The van der Waals surface area contributed by atoms with Crippen LogP contribution in [0.2, 0.25) is 0 Å². The molecule has 1 atom stereocenters. The maximum absolute atomic E-state index is 9.78. The predicted molar refractivity (Wildman–Crippen MR) is 105 cm³/mol. The molecule has 1 saturated heterocycles. The summed E-state index contributed by atoms with van der Waals surface area (Å²) in [5, 5.41) is 21.2. The number of aliphatic hydroxyl groups excluding tert-OH is 1. The van der Waals surface area contributed by atoms with Crippen LogP contribution in [-0.4, -0.2) is 45.2 Å². The van der Waals surface area contributed by atoms with Gasteiger partial charge in [-0.1, -0.05) is 0 Å². The molecule has 6 nitrogen and oxygen atoms in total. The minimum atomic E-state index is -0.180. The molecule has 0 aromatic carbocycles. The molecule has 27 heavy (non-hydrogen) atoms. The van der Waals surface area contributed by atoms with E-state index in [0.29, 0.717) is 5.92 Å². The quantitative estimate of drug-likeness (QED) is 0.872. The first-order valence-electron chi connectivity index (χ1n) is 10.3. The van der Waals surface area contributed by atoms with Crippen LogP contribution in [0.4, 0.5) is 5.95 Å². The molecule has 1 saturated carbocycles. The van der Waals surface area contributed by atoms with E-state index in [1.807, 2.05) is 11.3 Å². The van der Waals surface area contributed by atoms with Gasteiger partial charge in [0.1, 0.15) is 5.82 Å². The molecule has 3 aliphatic rings. The lowest BCUT2D eigenvalue weighted by atomic mass is 9.82. The highest BCUT2D eigenvalue weighted by Crippen LogP contribution is 2.38. The van der Waals surface area contributed by atoms with Gasteiger partial charge in [0.25, 0.3) is 0 Å². The van der Waals surface area contributed by atoms with Gasteiger partial charge in [0, 0.05) is 30.5 Å². The van der Waals surface area contributed by atoms with Crippen molar-refractivity contribution in [3.05, 3.63) is 27.7 Å². The molecule has 0 amide bonds. The van der Waals surface area contributed by atoms with Crippen LogP contribution in [0.3, 0.4) is 0 Å². The summed E-state index contributed by atoms with van der Waals surface area (Å²) in [5.41, 5.74) is 1.43. The lowest BCUT2D eigenvalue weighted by molar-refractivity contribution is 0.00445. The van der Waals surface area contributed by atoms with Crippen molar-refractivity contribution >= 4 is 17.3 Å². The molecule has 4 heterocycles. The van der Waals surface area contributed by atoms with Crippen LogP contribution in [0.1, 0.15) is 60.7 Å². The summed E-state index contributed by atoms with van der Waals surface area (Å²) in [6.45, 7) is 3.62. The van der Waals surface area contributed by atoms with Crippen LogP contribution >= 0.6 is 11.3 Å². The number of aromatic nitrogens is 3. The summed E-state index contributed by atoms with van der Waals surface area (Å²) < 4.78 is 8.34. The number of thiophene rings is 1. The van der Waals surface area contributed by atoms with E-state index in [0.717, 1.165) is 70.1 Å². The Kier molecular flexibility index (Phi) is 4.92. The molecule has 5 rings (SSSR count). The van der Waals surface area contributed by atoms with Gasteiger partial charge < -0.3 is 14.7 Å². The summed E-state index contributed by atoms with van der Waals surface area (Å²) in [7, 11) is 0. The Morgan fingerprint density at radius 2 is 2.15 bits per heavy atom. The number of rotatable bonds is 4. The van der Waals surface area contributed by atoms with Crippen molar-refractivity contribution in [3.8, 4) is 0 Å². The van der Waals surface area contributed by atoms with Crippen molar-refractivity contribution in [2.24, 2.45) is 0 Å². The Balaban J connectivity index is 1.44. The van der Waals surface area contributed by atoms with Gasteiger partial charge in [0.05, 0.1) is 18.8 Å². The van der Waals surface area contributed by atoms with Crippen LogP contribution in [-0.2, 0) is 24.2 Å². The zero-order chi connectivity index (χ0) is 18.2. The second kappa shape index (κ2) is 7.53. The molecule has 0 spiro atoms. The third-order valence-electron chi connectivity index (χ3n) is 6.21. The maximum Gasteiger partial charge on any atom is 0.227 e. The van der Waals surface area contributed by atoms with Crippen LogP contribution in [0.15, 0.2) is 11.4 Å². The Labute approximate surface area is 164 Å². The second-order valence-corrected chi connectivity index (χ2v) is 9.17. The molecule has 1 aliphatic carbocycles. The molecule has 2 aromatic rings. The number of nitrogens with zero attached hydrogens (tertiary/aromatic N) is 4. The molecule has 7 heteroatoms. The third kappa shape index (κ3) is 3.52.